The second-order valence-electron chi connectivity index (χ2n) is 19.2. The number of hydrogen-bond donors (Lipinski definition) is 0. The summed E-state index contributed by atoms with van der Waals surface area (Å²) >= 11 is 0. The van der Waals surface area contributed by atoms with Crippen LogP contribution in [0, 0.1) is 0 Å². The first kappa shape index (κ1) is 38.8. The molecule has 0 amide bonds. The maximum atomic E-state index is 6.67. The van der Waals surface area contributed by atoms with Crippen molar-refractivity contribution >= 4 is 148 Å². The van der Waals surface area contributed by atoms with E-state index in [0.717, 1.165) is 116 Å². The van der Waals surface area contributed by atoms with Crippen LogP contribution in [0.4, 0.5) is 17.1 Å². The highest BCUT2D eigenvalue weighted by Gasteiger charge is 2.22. The molecule has 0 spiro atoms. The molecule has 0 radical (unpaired) electrons. The molecule has 0 aliphatic rings. The lowest BCUT2D eigenvalue weighted by atomic mass is 10.1. The zero-order valence-electron chi connectivity index (χ0n) is 38.8. The molecule has 6 aromatic heterocycles. The van der Waals surface area contributed by atoms with Crippen LogP contribution in [0.15, 0.2) is 242 Å². The monoisotopic (exact) mass is 935 g/mol. The molecule has 0 atom stereocenters. The third-order valence-electron chi connectivity index (χ3n) is 15.3. The zero-order valence-corrected chi connectivity index (χ0v) is 38.8. The molecule has 0 unspecified atom stereocenters. The van der Waals surface area contributed by atoms with Gasteiger partial charge in [-0.05, 0) is 133 Å². The Labute approximate surface area is 414 Å². The summed E-state index contributed by atoms with van der Waals surface area (Å²) in [5.41, 5.74) is 16.4. The fraction of sp³-hybridized carbons (Fsp3) is 0. The van der Waals surface area contributed by atoms with E-state index in [2.05, 4.69) is 238 Å². The second-order valence-corrected chi connectivity index (χ2v) is 19.2. The number of para-hydroxylation sites is 5. The molecule has 0 fully saturated rings. The van der Waals surface area contributed by atoms with E-state index >= 15 is 0 Å². The molecule has 7 heteroatoms. The Morgan fingerprint density at radius 2 is 0.521 bits per heavy atom. The molecular weight excluding hydrogens is 899 g/mol. The lowest BCUT2D eigenvalue weighted by Crippen LogP contribution is -2.09. The van der Waals surface area contributed by atoms with Crippen LogP contribution in [0.25, 0.3) is 143 Å². The van der Waals surface area contributed by atoms with Gasteiger partial charge in [0, 0.05) is 93.1 Å². The van der Waals surface area contributed by atoms with Crippen molar-refractivity contribution < 1.29 is 17.7 Å². The van der Waals surface area contributed by atoms with Gasteiger partial charge in [-0.3, -0.25) is 0 Å². The van der Waals surface area contributed by atoms with E-state index in [9.17, 15) is 0 Å². The molecule has 0 aliphatic carbocycles. The molecule has 0 N–H and O–H groups in total. The number of anilines is 3. The van der Waals surface area contributed by atoms with Gasteiger partial charge in [-0.15, -0.1) is 0 Å². The van der Waals surface area contributed by atoms with E-state index < -0.39 is 0 Å². The molecule has 0 saturated carbocycles. The summed E-state index contributed by atoms with van der Waals surface area (Å²) in [6.45, 7) is 0. The molecule has 0 aliphatic heterocycles. The summed E-state index contributed by atoms with van der Waals surface area (Å²) in [4.78, 5) is 2.29. The summed E-state index contributed by atoms with van der Waals surface area (Å²) < 4.78 is 31.3. The standard InChI is InChI=1S/C66H37N3O4/c1-2-12-38(13-3-1)67(39-22-26-59-47(30-39)51-34-65-53(36-63(51)70-59)49-32-41(24-28-61(49)72-65)68-55-18-8-4-14-43(55)44-15-5-9-19-56(44)68)40-23-27-60-48(31-40)52-35-66-54(37-64(52)71-60)50-33-42(25-29-62(50)73-66)69-57-20-10-6-16-45(57)46-17-7-11-21-58(46)69/h1-37H. The Bertz CT molecular complexity index is 4760. The molecule has 73 heavy (non-hydrogen) atoms. The van der Waals surface area contributed by atoms with Gasteiger partial charge >= 0.3 is 0 Å². The first-order chi connectivity index (χ1) is 36.1. The summed E-state index contributed by atoms with van der Waals surface area (Å²) in [6.07, 6.45) is 0. The van der Waals surface area contributed by atoms with E-state index in [1.807, 2.05) is 0 Å². The van der Waals surface area contributed by atoms with Crippen molar-refractivity contribution in [3.8, 4) is 11.4 Å². The van der Waals surface area contributed by atoms with Crippen LogP contribution in [0.5, 0.6) is 0 Å². The van der Waals surface area contributed by atoms with Crippen molar-refractivity contribution in [1.82, 2.24) is 9.13 Å². The molecule has 11 aromatic carbocycles. The van der Waals surface area contributed by atoms with Crippen molar-refractivity contribution in [2.45, 2.75) is 0 Å². The molecule has 6 heterocycles. The minimum Gasteiger partial charge on any atom is -0.456 e. The van der Waals surface area contributed by atoms with Crippen molar-refractivity contribution in [2.24, 2.45) is 0 Å². The summed E-state index contributed by atoms with van der Waals surface area (Å²) in [7, 11) is 0. The van der Waals surface area contributed by atoms with Crippen LogP contribution in [-0.4, -0.2) is 9.13 Å². The fourth-order valence-corrected chi connectivity index (χ4v) is 12.0. The molecule has 0 bridgehead atoms. The predicted octanol–water partition coefficient (Wildman–Crippen LogP) is 18.9. The SMILES string of the molecule is c1ccc(N(c2ccc3oc4cc5c(cc4c3c2)oc2ccc(-n3c4ccccc4c4ccccc43)cc25)c2ccc3oc4cc5c(cc4c3c2)oc2ccc(-n3c4ccccc4c4ccccc43)cc25)cc1. The van der Waals surface area contributed by atoms with Gasteiger partial charge < -0.3 is 31.7 Å². The first-order valence-corrected chi connectivity index (χ1v) is 24.6. The number of benzene rings is 11. The smallest absolute Gasteiger partial charge is 0.136 e. The molecule has 17 aromatic rings. The minimum absolute atomic E-state index is 0.807. The van der Waals surface area contributed by atoms with Gasteiger partial charge in [0.05, 0.1) is 22.1 Å². The highest BCUT2D eigenvalue weighted by Crippen LogP contribution is 2.45. The van der Waals surface area contributed by atoms with E-state index in [4.69, 9.17) is 17.7 Å². The van der Waals surface area contributed by atoms with Gasteiger partial charge in [-0.2, -0.15) is 0 Å². The van der Waals surface area contributed by atoms with E-state index in [1.165, 1.54) is 43.6 Å². The maximum absolute atomic E-state index is 6.67. The fourth-order valence-electron chi connectivity index (χ4n) is 12.0. The lowest BCUT2D eigenvalue weighted by molar-refractivity contribution is 0.664. The molecule has 17 rings (SSSR count). The summed E-state index contributed by atoms with van der Waals surface area (Å²) in [6, 6.07) is 79.3. The van der Waals surface area contributed by atoms with Crippen molar-refractivity contribution in [3.05, 3.63) is 224 Å². The van der Waals surface area contributed by atoms with E-state index in [1.54, 1.807) is 0 Å². The van der Waals surface area contributed by atoms with Crippen molar-refractivity contribution in [1.29, 1.82) is 0 Å². The Hall–Kier alpha value is -9.98. The maximum Gasteiger partial charge on any atom is 0.136 e. The third kappa shape index (κ3) is 5.47. The average molecular weight is 936 g/mol. The number of nitrogens with zero attached hydrogens (tertiary/aromatic N) is 3. The van der Waals surface area contributed by atoms with Gasteiger partial charge in [-0.25, -0.2) is 0 Å². The van der Waals surface area contributed by atoms with Crippen molar-refractivity contribution in [3.63, 3.8) is 0 Å². The van der Waals surface area contributed by atoms with E-state index in [-0.39, 0.29) is 0 Å². The number of fused-ring (bicyclic) bond motifs is 18. The highest BCUT2D eigenvalue weighted by atomic mass is 16.3. The van der Waals surface area contributed by atoms with Crippen LogP contribution in [0.3, 0.4) is 0 Å². The van der Waals surface area contributed by atoms with Gasteiger partial charge in [0.1, 0.15) is 44.7 Å². The number of furan rings is 4. The van der Waals surface area contributed by atoms with Gasteiger partial charge in [0.25, 0.3) is 0 Å². The predicted molar refractivity (Wildman–Crippen MR) is 299 cm³/mol. The normalized spacial score (nSPS) is 12.4. The minimum atomic E-state index is 0.807. The van der Waals surface area contributed by atoms with Crippen LogP contribution in [0.1, 0.15) is 0 Å². The largest absolute Gasteiger partial charge is 0.456 e. The lowest BCUT2D eigenvalue weighted by Gasteiger charge is -2.25. The topological polar surface area (TPSA) is 65.7 Å². The van der Waals surface area contributed by atoms with Gasteiger partial charge in [0.15, 0.2) is 0 Å². The molecular formula is C66H37N3O4. The quantitative estimate of drug-likeness (QED) is 0.172. The number of hydrogen-bond acceptors (Lipinski definition) is 5. The average Bonchev–Trinajstić information content (AvgIpc) is 4.30. The van der Waals surface area contributed by atoms with Crippen molar-refractivity contribution in [2.75, 3.05) is 4.90 Å². The summed E-state index contributed by atoms with van der Waals surface area (Å²) in [5, 5.41) is 13.0. The van der Waals surface area contributed by atoms with Crippen LogP contribution in [-0.2, 0) is 0 Å². The molecule has 0 saturated heterocycles. The number of aromatic nitrogens is 2. The Balaban J connectivity index is 0.781. The Kier molecular flexibility index (Phi) is 7.61. The first-order valence-electron chi connectivity index (χ1n) is 24.6. The van der Waals surface area contributed by atoms with Crippen LogP contribution in [0.2, 0.25) is 0 Å². The Morgan fingerprint density at radius 3 is 0.890 bits per heavy atom. The third-order valence-corrected chi connectivity index (χ3v) is 15.3. The van der Waals surface area contributed by atoms with E-state index in [0.29, 0.717) is 0 Å². The Morgan fingerprint density at radius 1 is 0.219 bits per heavy atom. The van der Waals surface area contributed by atoms with Crippen LogP contribution >= 0.6 is 0 Å². The zero-order chi connectivity index (χ0) is 47.5. The van der Waals surface area contributed by atoms with Crippen LogP contribution < -0.4 is 4.90 Å². The number of rotatable bonds is 5. The molecule has 340 valence electrons. The molecule has 7 nitrogen and oxygen atoms in total. The van der Waals surface area contributed by atoms with Gasteiger partial charge in [0.2, 0.25) is 0 Å². The van der Waals surface area contributed by atoms with Gasteiger partial charge in [-0.1, -0.05) is 91.0 Å². The summed E-state index contributed by atoms with van der Waals surface area (Å²) in [5.74, 6) is 0. The highest BCUT2D eigenvalue weighted by molar-refractivity contribution is 6.18. The second kappa shape index (κ2) is 14.3.